The number of primary amides is 1. The molecule has 11 nitrogen and oxygen atoms in total. The molecule has 2 rings (SSSR count). The maximum absolute atomic E-state index is 13.4. The number of fused-ring (bicyclic) bond motifs is 2. The van der Waals surface area contributed by atoms with Crippen LogP contribution in [0.15, 0.2) is 58.5 Å². The Hall–Kier alpha value is -3.54. The van der Waals surface area contributed by atoms with E-state index in [1.807, 2.05) is 6.92 Å². The highest BCUT2D eigenvalue weighted by Gasteiger charge is 2.33. The van der Waals surface area contributed by atoms with Crippen molar-refractivity contribution in [3.8, 4) is 0 Å². The van der Waals surface area contributed by atoms with Crippen LogP contribution in [0.2, 0.25) is 0 Å². The number of hydrogen-bond acceptors (Lipinski definition) is 9. The average molecular weight is 560 g/mol. The molecule has 0 fully saturated rings. The molecule has 0 radical (unpaired) electrons. The molecule has 0 saturated heterocycles. The van der Waals surface area contributed by atoms with E-state index in [-0.39, 0.29) is 34.9 Å². The largest absolute Gasteiger partial charge is 0.439 e. The van der Waals surface area contributed by atoms with Crippen molar-refractivity contribution in [2.45, 2.75) is 65.0 Å². The van der Waals surface area contributed by atoms with Crippen LogP contribution in [0.3, 0.4) is 0 Å². The van der Waals surface area contributed by atoms with Crippen LogP contribution >= 0.6 is 0 Å². The molecular weight excluding hydrogens is 518 g/mol. The van der Waals surface area contributed by atoms with Gasteiger partial charge < -0.3 is 35.7 Å². The molecule has 2 aliphatic rings. The summed E-state index contributed by atoms with van der Waals surface area (Å²) >= 11 is 0. The van der Waals surface area contributed by atoms with Crippen LogP contribution in [-0.2, 0) is 28.6 Å². The number of carbonyl (C=O) groups is 4. The molecule has 40 heavy (non-hydrogen) atoms. The first-order valence-electron chi connectivity index (χ1n) is 13.1. The summed E-state index contributed by atoms with van der Waals surface area (Å²) in [6, 6.07) is 0. The first-order valence-corrected chi connectivity index (χ1v) is 13.1. The Kier molecular flexibility index (Phi) is 12.0. The zero-order valence-electron chi connectivity index (χ0n) is 24.1. The van der Waals surface area contributed by atoms with E-state index in [9.17, 15) is 24.3 Å². The van der Waals surface area contributed by atoms with E-state index in [0.717, 1.165) is 6.08 Å². The maximum Gasteiger partial charge on any atom is 0.405 e. The number of allylic oxidation sites excluding steroid dienone is 4. The second kappa shape index (κ2) is 14.7. The number of nitrogens with two attached hydrogens (primary N) is 1. The Morgan fingerprint density at radius 1 is 1.15 bits per heavy atom. The number of hydrogen-bond donors (Lipinski definition) is 4. The van der Waals surface area contributed by atoms with Crippen LogP contribution in [0, 0.1) is 11.8 Å². The number of aliphatic hydroxyl groups is 1. The SMILES string of the molecule is CNC1=C2C[C@@H](C)C[C@H](OC)[C@H](O)[C@@H](C)/C=C(/C)[C@H](OC(N)=O)[C@@H](OC)/C=C\C=C(\C)C(=O)NC(=CC1=O)C2=O. The van der Waals surface area contributed by atoms with Crippen molar-refractivity contribution in [1.82, 2.24) is 10.6 Å². The molecule has 2 amide bonds. The molecule has 1 aliphatic carbocycles. The Morgan fingerprint density at radius 2 is 1.82 bits per heavy atom. The van der Waals surface area contributed by atoms with Crippen molar-refractivity contribution >= 4 is 23.6 Å². The number of carbonyl (C=O) groups excluding carboxylic acids is 4. The number of Topliss-reactive ketones (excluding diaryl/α,β-unsaturated/α-hetero) is 1. The summed E-state index contributed by atoms with van der Waals surface area (Å²) in [6.07, 6.45) is 3.86. The maximum atomic E-state index is 13.4. The van der Waals surface area contributed by atoms with Gasteiger partial charge in [0, 0.05) is 44.4 Å². The molecule has 6 atom stereocenters. The smallest absolute Gasteiger partial charge is 0.405 e. The minimum Gasteiger partial charge on any atom is -0.439 e. The van der Waals surface area contributed by atoms with Gasteiger partial charge in [0.25, 0.3) is 5.91 Å². The van der Waals surface area contributed by atoms with Crippen molar-refractivity contribution in [2.24, 2.45) is 17.6 Å². The van der Waals surface area contributed by atoms with Gasteiger partial charge in [-0.1, -0.05) is 38.2 Å². The van der Waals surface area contributed by atoms with Crippen LogP contribution in [0.25, 0.3) is 0 Å². The van der Waals surface area contributed by atoms with Gasteiger partial charge >= 0.3 is 6.09 Å². The molecule has 0 aromatic rings. The highest BCUT2D eigenvalue weighted by atomic mass is 16.6. The summed E-state index contributed by atoms with van der Waals surface area (Å²) in [6.45, 7) is 6.98. The number of amides is 2. The van der Waals surface area contributed by atoms with Gasteiger partial charge in [0.05, 0.1) is 23.6 Å². The van der Waals surface area contributed by atoms with Gasteiger partial charge in [-0.3, -0.25) is 14.4 Å². The van der Waals surface area contributed by atoms with E-state index in [4.69, 9.17) is 19.9 Å². The van der Waals surface area contributed by atoms with Crippen LogP contribution in [0.1, 0.15) is 40.5 Å². The van der Waals surface area contributed by atoms with Gasteiger partial charge in [-0.2, -0.15) is 0 Å². The highest BCUT2D eigenvalue weighted by Crippen LogP contribution is 2.28. The quantitative estimate of drug-likeness (QED) is 0.297. The topological polar surface area (TPSA) is 166 Å². The van der Waals surface area contributed by atoms with E-state index in [2.05, 4.69) is 10.6 Å². The average Bonchev–Trinajstić information content (AvgIpc) is 2.90. The molecule has 1 heterocycles. The Labute approximate surface area is 235 Å². The van der Waals surface area contributed by atoms with E-state index >= 15 is 0 Å². The summed E-state index contributed by atoms with van der Waals surface area (Å²) in [5.41, 5.74) is 6.47. The Balaban J connectivity index is 2.60. The first-order chi connectivity index (χ1) is 18.8. The van der Waals surface area contributed by atoms with Gasteiger partial charge in [0.1, 0.15) is 6.10 Å². The number of nitrogens with one attached hydrogen (secondary N) is 2. The van der Waals surface area contributed by atoms with Gasteiger partial charge in [0.15, 0.2) is 6.10 Å². The van der Waals surface area contributed by atoms with E-state index < -0.39 is 53.9 Å². The summed E-state index contributed by atoms with van der Waals surface area (Å²) < 4.78 is 16.5. The highest BCUT2D eigenvalue weighted by molar-refractivity contribution is 6.23. The summed E-state index contributed by atoms with van der Waals surface area (Å²) in [5, 5.41) is 16.5. The van der Waals surface area contributed by atoms with E-state index in [1.54, 1.807) is 46.0 Å². The minimum atomic E-state index is -0.997. The lowest BCUT2D eigenvalue weighted by molar-refractivity contribution is -0.120. The predicted octanol–water partition coefficient (Wildman–Crippen LogP) is 1.98. The molecule has 1 aliphatic heterocycles. The lowest BCUT2D eigenvalue weighted by atomic mass is 9.85. The molecule has 0 saturated carbocycles. The fourth-order valence-corrected chi connectivity index (χ4v) is 4.86. The molecule has 0 spiro atoms. The van der Waals surface area contributed by atoms with Crippen LogP contribution in [-0.4, -0.2) is 74.4 Å². The lowest BCUT2D eigenvalue weighted by Crippen LogP contribution is -2.37. The standard InChI is InChI=1S/C29H41N3O8/c1-15-11-19-24(31-5)21(33)14-20(26(19)35)32-28(36)16(2)9-8-10-22(38-6)27(40-29(30)37)18(4)13-17(3)25(34)23(12-15)39-7/h8-10,13-15,17,22-23,25,27,31,34H,11-12H2,1-7H3,(H2,30,37)(H,32,36)/b10-8-,16-9-,18-13-/t15-,17+,22+,23+,25-,27+/m1/s1. The molecular formula is C29H41N3O8. The fourth-order valence-electron chi connectivity index (χ4n) is 4.86. The summed E-state index contributed by atoms with van der Waals surface area (Å²) in [4.78, 5) is 50.7. The van der Waals surface area contributed by atoms with Crippen LogP contribution in [0.5, 0.6) is 0 Å². The van der Waals surface area contributed by atoms with E-state index in [1.165, 1.54) is 20.3 Å². The van der Waals surface area contributed by atoms with Gasteiger partial charge in [-0.25, -0.2) is 4.79 Å². The summed E-state index contributed by atoms with van der Waals surface area (Å²) in [7, 11) is 4.48. The van der Waals surface area contributed by atoms with Crippen molar-refractivity contribution in [1.29, 1.82) is 0 Å². The number of ketones is 2. The van der Waals surface area contributed by atoms with Crippen molar-refractivity contribution in [2.75, 3.05) is 21.3 Å². The molecule has 0 unspecified atom stereocenters. The minimum absolute atomic E-state index is 0.118. The Bertz CT molecular complexity index is 1150. The number of likely N-dealkylation sites (N-methyl/N-ethyl adjacent to an activating group) is 1. The second-order valence-electron chi connectivity index (χ2n) is 10.2. The second-order valence-corrected chi connectivity index (χ2v) is 10.2. The molecule has 0 aromatic heterocycles. The first kappa shape index (κ1) is 32.7. The van der Waals surface area contributed by atoms with Gasteiger partial charge in [0.2, 0.25) is 11.6 Å². The summed E-state index contributed by atoms with van der Waals surface area (Å²) in [5.74, 6) is -2.06. The van der Waals surface area contributed by atoms with Crippen LogP contribution in [0.4, 0.5) is 4.79 Å². The monoisotopic (exact) mass is 559 g/mol. The number of methoxy groups -OCH3 is 2. The van der Waals surface area contributed by atoms with Gasteiger partial charge in [-0.15, -0.1) is 0 Å². The number of ether oxygens (including phenoxy) is 3. The predicted molar refractivity (Wildman–Crippen MR) is 149 cm³/mol. The molecule has 0 aromatic carbocycles. The third-order valence-corrected chi connectivity index (χ3v) is 7.04. The van der Waals surface area contributed by atoms with Crippen molar-refractivity contribution in [3.63, 3.8) is 0 Å². The normalized spacial score (nSPS) is 32.7. The van der Waals surface area contributed by atoms with E-state index in [0.29, 0.717) is 12.0 Å². The lowest BCUT2D eigenvalue weighted by Gasteiger charge is -2.30. The molecule has 5 N–H and O–H groups in total. The third kappa shape index (κ3) is 8.23. The number of aliphatic hydroxyl groups excluding tert-OH is 1. The molecule has 2 bridgehead atoms. The molecule has 11 heteroatoms. The Morgan fingerprint density at radius 3 is 2.40 bits per heavy atom. The molecule has 220 valence electrons. The van der Waals surface area contributed by atoms with Gasteiger partial charge in [-0.05, 0) is 38.2 Å². The zero-order chi connectivity index (χ0) is 30.1. The van der Waals surface area contributed by atoms with Crippen molar-refractivity contribution < 1.29 is 38.5 Å². The fraction of sp³-hybridized carbons (Fsp3) is 0.517. The van der Waals surface area contributed by atoms with Crippen LogP contribution < -0.4 is 16.4 Å². The number of rotatable bonds is 4. The zero-order valence-corrected chi connectivity index (χ0v) is 24.1. The van der Waals surface area contributed by atoms with Crippen molar-refractivity contribution in [3.05, 3.63) is 58.5 Å². The third-order valence-electron chi connectivity index (χ3n) is 7.04.